The van der Waals surface area contributed by atoms with Crippen molar-refractivity contribution in [2.75, 3.05) is 5.32 Å². The first-order valence-corrected chi connectivity index (χ1v) is 10.2. The Balaban J connectivity index is 1.84. The molecule has 126 valence electrons. The minimum Gasteiger partial charge on any atom is -0.318 e. The summed E-state index contributed by atoms with van der Waals surface area (Å²) in [6.45, 7) is 8.72. The van der Waals surface area contributed by atoms with Crippen LogP contribution in [-0.2, 0) is 4.79 Å². The molecule has 0 aliphatic heterocycles. The van der Waals surface area contributed by atoms with Gasteiger partial charge in [0.25, 0.3) is 0 Å². The second kappa shape index (κ2) is 8.74. The van der Waals surface area contributed by atoms with Crippen LogP contribution in [0.1, 0.15) is 53.4 Å². The lowest BCUT2D eigenvalue weighted by Crippen LogP contribution is -2.13. The molecule has 1 heterocycles. The molecule has 1 N–H and O–H groups in total. The molecule has 1 aromatic rings. The molecule has 1 aliphatic rings. The van der Waals surface area contributed by atoms with Gasteiger partial charge in [0.2, 0.25) is 5.91 Å². The van der Waals surface area contributed by atoms with Crippen LogP contribution in [0.2, 0.25) is 0 Å². The Kier molecular flexibility index (Phi) is 6.97. The number of carbonyl (C=O) groups excluding carboxylic acids is 1. The van der Waals surface area contributed by atoms with Gasteiger partial charge >= 0.3 is 0 Å². The van der Waals surface area contributed by atoms with E-state index in [1.807, 2.05) is 17.8 Å². The van der Waals surface area contributed by atoms with Gasteiger partial charge in [-0.2, -0.15) is 0 Å². The molecule has 1 aliphatic carbocycles. The van der Waals surface area contributed by atoms with Gasteiger partial charge in [0.1, 0.15) is 0 Å². The van der Waals surface area contributed by atoms with E-state index in [-0.39, 0.29) is 5.91 Å². The lowest BCUT2D eigenvalue weighted by atomic mass is 10.1. The summed E-state index contributed by atoms with van der Waals surface area (Å²) >= 11 is 3.56. The molecule has 0 radical (unpaired) electrons. The van der Waals surface area contributed by atoms with E-state index in [1.54, 1.807) is 11.3 Å². The number of carbonyl (C=O) groups is 1. The van der Waals surface area contributed by atoms with Crippen LogP contribution in [-0.4, -0.2) is 11.2 Å². The summed E-state index contributed by atoms with van der Waals surface area (Å²) in [5.74, 6) is 0.569. The molecule has 1 aromatic heterocycles. The highest BCUT2D eigenvalue weighted by Crippen LogP contribution is 2.38. The van der Waals surface area contributed by atoms with Crippen molar-refractivity contribution >= 4 is 34.0 Å². The first-order valence-electron chi connectivity index (χ1n) is 8.46. The molecule has 0 fully saturated rings. The van der Waals surface area contributed by atoms with Gasteiger partial charge in [-0.25, -0.2) is 0 Å². The van der Waals surface area contributed by atoms with E-state index < -0.39 is 0 Å². The van der Waals surface area contributed by atoms with Crippen LogP contribution in [0, 0.1) is 5.92 Å². The van der Waals surface area contributed by atoms with Gasteiger partial charge in [0.15, 0.2) is 0 Å². The molecule has 2 unspecified atom stereocenters. The van der Waals surface area contributed by atoms with Crippen molar-refractivity contribution < 1.29 is 4.79 Å². The third-order valence-corrected chi connectivity index (χ3v) is 6.67. The average Bonchev–Trinajstić information content (AvgIpc) is 3.16. The summed E-state index contributed by atoms with van der Waals surface area (Å²) in [4.78, 5) is 12.0. The largest absolute Gasteiger partial charge is 0.318 e. The van der Waals surface area contributed by atoms with E-state index >= 15 is 0 Å². The topological polar surface area (TPSA) is 29.1 Å². The molecule has 2 nitrogen and oxygen atoms in total. The predicted octanol–water partition coefficient (Wildman–Crippen LogP) is 6.27. The summed E-state index contributed by atoms with van der Waals surface area (Å²) in [6, 6.07) is 4.14. The third-order valence-electron chi connectivity index (χ3n) is 4.31. The quantitative estimate of drug-likeness (QED) is 0.560. The molecule has 0 spiro atoms. The van der Waals surface area contributed by atoms with Crippen molar-refractivity contribution in [3.05, 3.63) is 35.4 Å². The van der Waals surface area contributed by atoms with E-state index in [0.717, 1.165) is 24.3 Å². The minimum atomic E-state index is 0.126. The molecule has 0 saturated carbocycles. The van der Waals surface area contributed by atoms with Gasteiger partial charge in [-0.3, -0.25) is 4.79 Å². The van der Waals surface area contributed by atoms with Crippen LogP contribution in [0.5, 0.6) is 0 Å². The molecule has 1 amide bonds. The maximum atomic E-state index is 12.0. The maximum Gasteiger partial charge on any atom is 0.225 e. The van der Waals surface area contributed by atoms with Gasteiger partial charge in [0.05, 0.1) is 9.21 Å². The van der Waals surface area contributed by atoms with Crippen LogP contribution in [0.4, 0.5) is 5.00 Å². The maximum absolute atomic E-state index is 12.0. The third kappa shape index (κ3) is 5.54. The van der Waals surface area contributed by atoms with E-state index in [1.165, 1.54) is 15.4 Å². The summed E-state index contributed by atoms with van der Waals surface area (Å²) in [7, 11) is 0. The number of thiophene rings is 1. The van der Waals surface area contributed by atoms with Crippen molar-refractivity contribution in [1.82, 2.24) is 0 Å². The van der Waals surface area contributed by atoms with E-state index in [0.29, 0.717) is 17.6 Å². The fourth-order valence-corrected chi connectivity index (χ4v) is 4.83. The summed E-state index contributed by atoms with van der Waals surface area (Å²) in [5, 5.41) is 4.47. The van der Waals surface area contributed by atoms with Gasteiger partial charge in [0, 0.05) is 11.7 Å². The zero-order valence-electron chi connectivity index (χ0n) is 14.5. The van der Waals surface area contributed by atoms with Gasteiger partial charge in [-0.15, -0.1) is 23.1 Å². The van der Waals surface area contributed by atoms with Gasteiger partial charge in [-0.1, -0.05) is 50.5 Å². The second-order valence-electron chi connectivity index (χ2n) is 6.24. The first-order chi connectivity index (χ1) is 11.0. The highest BCUT2D eigenvalue weighted by molar-refractivity contribution is 8.02. The number of hydrogen-bond acceptors (Lipinski definition) is 3. The van der Waals surface area contributed by atoms with Gasteiger partial charge in [-0.05, 0) is 37.8 Å². The molecule has 2 atom stereocenters. The molecule has 2 rings (SSSR count). The van der Waals surface area contributed by atoms with Crippen molar-refractivity contribution in [1.29, 1.82) is 0 Å². The molecular formula is C19H27NOS2. The number of allylic oxidation sites excluding steroid dienone is 3. The first kappa shape index (κ1) is 18.3. The lowest BCUT2D eigenvalue weighted by molar-refractivity contribution is -0.116. The fraction of sp³-hybridized carbons (Fsp3) is 0.526. The molecule has 4 heteroatoms. The van der Waals surface area contributed by atoms with Crippen molar-refractivity contribution in [3.8, 4) is 0 Å². The fourth-order valence-electron chi connectivity index (χ4n) is 2.48. The lowest BCUT2D eigenvalue weighted by Gasteiger charge is -2.12. The Morgan fingerprint density at radius 2 is 2.09 bits per heavy atom. The summed E-state index contributed by atoms with van der Waals surface area (Å²) in [6.07, 6.45) is 8.45. The van der Waals surface area contributed by atoms with Crippen LogP contribution in [0.3, 0.4) is 0 Å². The van der Waals surface area contributed by atoms with E-state index in [9.17, 15) is 4.79 Å². The van der Waals surface area contributed by atoms with Crippen LogP contribution in [0.15, 0.2) is 39.6 Å². The minimum absolute atomic E-state index is 0.126. The normalized spacial score (nSPS) is 16.7. The van der Waals surface area contributed by atoms with Crippen molar-refractivity contribution in [3.63, 3.8) is 0 Å². The smallest absolute Gasteiger partial charge is 0.225 e. The Hall–Kier alpha value is -1.00. The Bertz CT molecular complexity index is 600. The van der Waals surface area contributed by atoms with Crippen molar-refractivity contribution in [2.45, 2.75) is 62.8 Å². The number of nitrogens with one attached hydrogen (secondary N) is 1. The number of hydrogen-bond donors (Lipinski definition) is 1. The SMILES string of the molecule is CCC1=CC=C(C(C)Sc2ccc(NC(=O)CC(C)CC)s2)C1. The highest BCUT2D eigenvalue weighted by Gasteiger charge is 2.16. The van der Waals surface area contributed by atoms with Crippen LogP contribution >= 0.6 is 23.1 Å². The zero-order valence-corrected chi connectivity index (χ0v) is 16.2. The van der Waals surface area contributed by atoms with Crippen LogP contribution in [0.25, 0.3) is 0 Å². The molecule has 0 aromatic carbocycles. The number of thioether (sulfide) groups is 1. The Morgan fingerprint density at radius 1 is 1.30 bits per heavy atom. The second-order valence-corrected chi connectivity index (χ2v) is 8.97. The summed E-state index contributed by atoms with van der Waals surface area (Å²) < 4.78 is 1.27. The molecule has 0 bridgehead atoms. The molecular weight excluding hydrogens is 322 g/mol. The van der Waals surface area contributed by atoms with Gasteiger partial charge < -0.3 is 5.32 Å². The summed E-state index contributed by atoms with van der Waals surface area (Å²) in [5.41, 5.74) is 3.03. The monoisotopic (exact) mass is 349 g/mol. The number of rotatable bonds is 8. The van der Waals surface area contributed by atoms with E-state index in [2.05, 4.69) is 51.2 Å². The van der Waals surface area contributed by atoms with Crippen molar-refractivity contribution in [2.24, 2.45) is 5.92 Å². The average molecular weight is 350 g/mol. The zero-order chi connectivity index (χ0) is 16.8. The Morgan fingerprint density at radius 3 is 2.74 bits per heavy atom. The molecule has 0 saturated heterocycles. The van der Waals surface area contributed by atoms with E-state index in [4.69, 9.17) is 0 Å². The standard InChI is InChI=1S/C19H27NOS2/c1-5-13(3)11-17(21)20-18-9-10-19(23-18)22-14(4)16-8-7-15(6-2)12-16/h7-10,13-14H,5-6,11-12H2,1-4H3,(H,20,21). The highest BCUT2D eigenvalue weighted by atomic mass is 32.2. The number of amides is 1. The predicted molar refractivity (Wildman–Crippen MR) is 103 cm³/mol. The molecule has 23 heavy (non-hydrogen) atoms. The van der Waals surface area contributed by atoms with Crippen LogP contribution < -0.4 is 5.32 Å². The Labute approximate surface area is 148 Å². The number of anilines is 1.